The average molecular weight is 391 g/mol. The Kier molecular flexibility index (Phi) is 5.70. The summed E-state index contributed by atoms with van der Waals surface area (Å²) in [7, 11) is 1.28. The lowest BCUT2D eigenvalue weighted by Gasteiger charge is -2.08. The highest BCUT2D eigenvalue weighted by atomic mass is 79.9. The van der Waals surface area contributed by atoms with Crippen molar-refractivity contribution in [1.82, 2.24) is 0 Å². The van der Waals surface area contributed by atoms with Crippen LogP contribution in [0.4, 0.5) is 11.4 Å². The van der Waals surface area contributed by atoms with E-state index in [1.165, 1.54) is 31.4 Å². The first kappa shape index (κ1) is 17.7. The fraction of sp³-hybridized carbons (Fsp3) is 0.118. The molecule has 0 saturated heterocycles. The molecule has 124 valence electrons. The summed E-state index contributed by atoms with van der Waals surface area (Å²) in [6.07, 6.45) is 0. The topological polar surface area (TPSA) is 84.5 Å². The minimum absolute atomic E-state index is 0.351. The van der Waals surface area contributed by atoms with Crippen molar-refractivity contribution in [2.75, 3.05) is 17.7 Å². The smallest absolute Gasteiger partial charge is 0.337 e. The zero-order valence-corrected chi connectivity index (χ0v) is 14.6. The van der Waals surface area contributed by atoms with Crippen LogP contribution in [0.5, 0.6) is 0 Å². The van der Waals surface area contributed by atoms with Crippen molar-refractivity contribution in [3.8, 4) is 0 Å². The second kappa shape index (κ2) is 7.74. The molecule has 0 heterocycles. The highest BCUT2D eigenvalue weighted by molar-refractivity contribution is 9.10. The molecule has 7 heteroatoms. The highest BCUT2D eigenvalue weighted by Gasteiger charge is 2.15. The molecule has 2 aromatic carbocycles. The van der Waals surface area contributed by atoms with Gasteiger partial charge in [-0.3, -0.25) is 9.59 Å². The number of esters is 1. The van der Waals surface area contributed by atoms with Gasteiger partial charge in [0.1, 0.15) is 0 Å². The third-order valence-electron chi connectivity index (χ3n) is 3.20. The van der Waals surface area contributed by atoms with Crippen LogP contribution in [-0.4, -0.2) is 24.9 Å². The maximum absolute atomic E-state index is 11.9. The molecule has 0 aliphatic rings. The Hall–Kier alpha value is -2.67. The molecule has 0 fully saturated rings. The molecule has 0 atom stereocenters. The second-order valence-electron chi connectivity index (χ2n) is 4.94. The van der Waals surface area contributed by atoms with Crippen molar-refractivity contribution in [3.05, 3.63) is 58.1 Å². The van der Waals surface area contributed by atoms with Crippen LogP contribution < -0.4 is 10.6 Å². The van der Waals surface area contributed by atoms with E-state index in [1.54, 1.807) is 12.1 Å². The molecule has 0 aliphatic carbocycles. The van der Waals surface area contributed by atoms with Crippen LogP contribution in [0.15, 0.2) is 46.9 Å². The van der Waals surface area contributed by atoms with Gasteiger partial charge in [-0.2, -0.15) is 0 Å². The lowest BCUT2D eigenvalue weighted by molar-refractivity contribution is -0.132. The van der Waals surface area contributed by atoms with E-state index in [0.717, 1.165) is 10.0 Å². The van der Waals surface area contributed by atoms with Crippen LogP contribution in [0.3, 0.4) is 0 Å². The van der Waals surface area contributed by atoms with E-state index in [0.29, 0.717) is 16.9 Å². The van der Waals surface area contributed by atoms with E-state index < -0.39 is 17.8 Å². The van der Waals surface area contributed by atoms with Crippen molar-refractivity contribution in [2.24, 2.45) is 0 Å². The molecule has 0 aromatic heterocycles. The van der Waals surface area contributed by atoms with Crippen LogP contribution in [0.25, 0.3) is 0 Å². The SMILES string of the molecule is COC(=O)c1ccc(NC(=O)C(=O)Nc2ccc(C)c(Br)c2)cc1. The first-order chi connectivity index (χ1) is 11.4. The number of methoxy groups -OCH3 is 1. The molecule has 0 saturated carbocycles. The van der Waals surface area contributed by atoms with Crippen LogP contribution in [0.2, 0.25) is 0 Å². The number of rotatable bonds is 3. The van der Waals surface area contributed by atoms with E-state index in [9.17, 15) is 14.4 Å². The van der Waals surface area contributed by atoms with Gasteiger partial charge in [0, 0.05) is 15.8 Å². The van der Waals surface area contributed by atoms with Gasteiger partial charge in [-0.15, -0.1) is 0 Å². The predicted octanol–water partition coefficient (Wildman–Crippen LogP) is 3.12. The van der Waals surface area contributed by atoms with Crippen LogP contribution in [0.1, 0.15) is 15.9 Å². The maximum Gasteiger partial charge on any atom is 0.337 e. The zero-order valence-electron chi connectivity index (χ0n) is 13.1. The first-order valence-corrected chi connectivity index (χ1v) is 7.77. The van der Waals surface area contributed by atoms with Gasteiger partial charge in [0.2, 0.25) is 0 Å². The Morgan fingerprint density at radius 1 is 0.917 bits per heavy atom. The van der Waals surface area contributed by atoms with Gasteiger partial charge in [-0.25, -0.2) is 4.79 Å². The van der Waals surface area contributed by atoms with Crippen molar-refractivity contribution >= 4 is 45.1 Å². The van der Waals surface area contributed by atoms with Gasteiger partial charge in [0.15, 0.2) is 0 Å². The van der Waals surface area contributed by atoms with Crippen LogP contribution in [0, 0.1) is 6.92 Å². The van der Waals surface area contributed by atoms with Gasteiger partial charge < -0.3 is 15.4 Å². The molecule has 0 bridgehead atoms. The summed E-state index contributed by atoms with van der Waals surface area (Å²) < 4.78 is 5.42. The number of ether oxygens (including phenoxy) is 1. The van der Waals surface area contributed by atoms with Gasteiger partial charge in [0.05, 0.1) is 12.7 Å². The Morgan fingerprint density at radius 2 is 1.46 bits per heavy atom. The summed E-state index contributed by atoms with van der Waals surface area (Å²) in [6.45, 7) is 1.92. The van der Waals surface area contributed by atoms with Crippen LogP contribution >= 0.6 is 15.9 Å². The molecule has 2 N–H and O–H groups in total. The Labute approximate surface area is 147 Å². The molecule has 0 aliphatic heterocycles. The van der Waals surface area contributed by atoms with E-state index in [4.69, 9.17) is 0 Å². The number of amides is 2. The van der Waals surface area contributed by atoms with Gasteiger partial charge in [-0.1, -0.05) is 22.0 Å². The second-order valence-corrected chi connectivity index (χ2v) is 5.80. The molecule has 0 radical (unpaired) electrons. The normalized spacial score (nSPS) is 9.96. The number of hydrogen-bond acceptors (Lipinski definition) is 4. The third-order valence-corrected chi connectivity index (χ3v) is 4.05. The number of benzene rings is 2. The number of carbonyl (C=O) groups is 3. The van der Waals surface area contributed by atoms with Gasteiger partial charge in [0.25, 0.3) is 0 Å². The Bertz CT molecular complexity index is 788. The average Bonchev–Trinajstić information content (AvgIpc) is 2.58. The number of aryl methyl sites for hydroxylation is 1. The molecule has 2 aromatic rings. The molecular formula is C17H15BrN2O4. The summed E-state index contributed by atoms with van der Waals surface area (Å²) in [6, 6.07) is 11.3. The summed E-state index contributed by atoms with van der Waals surface area (Å²) in [4.78, 5) is 35.2. The number of nitrogens with one attached hydrogen (secondary N) is 2. The number of anilines is 2. The molecule has 2 rings (SSSR count). The maximum atomic E-state index is 11.9. The van der Waals surface area contributed by atoms with Crippen molar-refractivity contribution in [3.63, 3.8) is 0 Å². The molecule has 6 nitrogen and oxygen atoms in total. The standard InChI is InChI=1S/C17H15BrN2O4/c1-10-3-6-13(9-14(10)18)20-16(22)15(21)19-12-7-4-11(5-8-12)17(23)24-2/h3-9H,1-2H3,(H,19,21)(H,20,22). The lowest BCUT2D eigenvalue weighted by atomic mass is 10.2. The summed E-state index contributed by atoms with van der Waals surface area (Å²) in [5.41, 5.74) is 2.27. The van der Waals surface area contributed by atoms with Gasteiger partial charge >= 0.3 is 17.8 Å². The predicted molar refractivity (Wildman–Crippen MR) is 93.9 cm³/mol. The number of hydrogen-bond donors (Lipinski definition) is 2. The Morgan fingerprint density at radius 3 is 2.00 bits per heavy atom. The molecule has 24 heavy (non-hydrogen) atoms. The zero-order chi connectivity index (χ0) is 17.7. The highest BCUT2D eigenvalue weighted by Crippen LogP contribution is 2.20. The summed E-state index contributed by atoms with van der Waals surface area (Å²) in [5, 5.41) is 4.97. The van der Waals surface area contributed by atoms with Crippen LogP contribution in [-0.2, 0) is 14.3 Å². The van der Waals surface area contributed by atoms with E-state index in [-0.39, 0.29) is 0 Å². The van der Waals surface area contributed by atoms with E-state index in [2.05, 4.69) is 31.3 Å². The van der Waals surface area contributed by atoms with Crippen molar-refractivity contribution in [2.45, 2.75) is 6.92 Å². The molecular weight excluding hydrogens is 376 g/mol. The fourth-order valence-corrected chi connectivity index (χ4v) is 2.23. The lowest BCUT2D eigenvalue weighted by Crippen LogP contribution is -2.29. The summed E-state index contributed by atoms with van der Waals surface area (Å²) >= 11 is 3.36. The van der Waals surface area contributed by atoms with Crippen molar-refractivity contribution in [1.29, 1.82) is 0 Å². The van der Waals surface area contributed by atoms with E-state index in [1.807, 2.05) is 13.0 Å². The molecule has 0 unspecified atom stereocenters. The fourth-order valence-electron chi connectivity index (χ4n) is 1.85. The largest absolute Gasteiger partial charge is 0.465 e. The first-order valence-electron chi connectivity index (χ1n) is 6.97. The van der Waals surface area contributed by atoms with E-state index >= 15 is 0 Å². The Balaban J connectivity index is 1.99. The monoisotopic (exact) mass is 390 g/mol. The summed E-state index contributed by atoms with van der Waals surface area (Å²) in [5.74, 6) is -2.07. The minimum atomic E-state index is -0.808. The third kappa shape index (κ3) is 4.42. The molecule has 2 amide bonds. The molecule has 0 spiro atoms. The van der Waals surface area contributed by atoms with Gasteiger partial charge in [-0.05, 0) is 48.9 Å². The quantitative estimate of drug-likeness (QED) is 0.622. The number of carbonyl (C=O) groups excluding carboxylic acids is 3. The number of halogens is 1. The van der Waals surface area contributed by atoms with Crippen molar-refractivity contribution < 1.29 is 19.1 Å². The minimum Gasteiger partial charge on any atom is -0.465 e.